The molecule has 1 aliphatic rings. The summed E-state index contributed by atoms with van der Waals surface area (Å²) in [5, 5.41) is 22.7. The molecule has 2 atom stereocenters. The Morgan fingerprint density at radius 2 is 2.00 bits per heavy atom. The Morgan fingerprint density at radius 3 is 2.50 bits per heavy atom. The van der Waals surface area contributed by atoms with Crippen LogP contribution in [-0.2, 0) is 4.79 Å². The fourth-order valence-corrected chi connectivity index (χ4v) is 2.64. The van der Waals surface area contributed by atoms with Crippen molar-refractivity contribution in [1.29, 1.82) is 10.5 Å². The van der Waals surface area contributed by atoms with Crippen molar-refractivity contribution in [2.24, 2.45) is 16.9 Å². The van der Waals surface area contributed by atoms with E-state index in [1.807, 2.05) is 12.1 Å². The van der Waals surface area contributed by atoms with E-state index in [-0.39, 0.29) is 5.91 Å². The van der Waals surface area contributed by atoms with Gasteiger partial charge in [0.25, 0.3) is 0 Å². The minimum atomic E-state index is -0.978. The molecular weight excluding hydrogens is 276 g/mol. The number of carbonyl (C=O) groups is 1. The second-order valence-electron chi connectivity index (χ2n) is 4.49. The molecule has 0 saturated heterocycles. The van der Waals surface area contributed by atoms with Gasteiger partial charge in [-0.25, -0.2) is 5.43 Å². The fourth-order valence-electron chi connectivity index (χ4n) is 2.38. The Morgan fingerprint density at radius 1 is 1.35 bits per heavy atom. The molecule has 0 saturated carbocycles. The monoisotopic (exact) mass is 286 g/mol. The van der Waals surface area contributed by atoms with Crippen LogP contribution in [0.1, 0.15) is 18.4 Å². The number of hydrogen-bond donors (Lipinski definition) is 1. The molecule has 6 heteroatoms. The standard InChI is InChI=1S/C14H11ClN4O/c1-8-12(14(20)19-18-8)13(9(6-16)7-17)10-4-2-3-5-11(10)15/h2-5,9,12-13H,1H3,(H,19,20)/t12-,13-/m1/s1. The lowest BCUT2D eigenvalue weighted by Crippen LogP contribution is -2.32. The van der Waals surface area contributed by atoms with Crippen LogP contribution in [0.2, 0.25) is 5.02 Å². The average molecular weight is 287 g/mol. The predicted molar refractivity (Wildman–Crippen MR) is 73.7 cm³/mol. The first-order chi connectivity index (χ1) is 9.60. The van der Waals surface area contributed by atoms with Crippen molar-refractivity contribution >= 4 is 23.2 Å². The van der Waals surface area contributed by atoms with E-state index >= 15 is 0 Å². The van der Waals surface area contributed by atoms with Crippen molar-refractivity contribution in [2.45, 2.75) is 12.8 Å². The van der Waals surface area contributed by atoms with Gasteiger partial charge in [-0.05, 0) is 18.6 Å². The van der Waals surface area contributed by atoms with Gasteiger partial charge in [-0.15, -0.1) is 0 Å². The molecule has 0 bridgehead atoms. The molecule has 5 nitrogen and oxygen atoms in total. The first kappa shape index (κ1) is 14.0. The molecule has 0 unspecified atom stereocenters. The van der Waals surface area contributed by atoms with Crippen LogP contribution in [-0.4, -0.2) is 11.6 Å². The second kappa shape index (κ2) is 5.73. The van der Waals surface area contributed by atoms with Gasteiger partial charge in [0.15, 0.2) is 0 Å². The summed E-state index contributed by atoms with van der Waals surface area (Å²) in [5.74, 6) is -2.58. The number of hydrogen-bond acceptors (Lipinski definition) is 4. The van der Waals surface area contributed by atoms with Gasteiger partial charge in [0.2, 0.25) is 5.91 Å². The van der Waals surface area contributed by atoms with Crippen molar-refractivity contribution in [1.82, 2.24) is 5.43 Å². The minimum absolute atomic E-state index is 0.317. The quantitative estimate of drug-likeness (QED) is 0.924. The summed E-state index contributed by atoms with van der Waals surface area (Å²) in [6.07, 6.45) is 0. The lowest BCUT2D eigenvalue weighted by atomic mass is 9.76. The number of benzene rings is 1. The topological polar surface area (TPSA) is 89.0 Å². The molecule has 1 heterocycles. The van der Waals surface area contributed by atoms with Crippen molar-refractivity contribution in [3.05, 3.63) is 34.9 Å². The largest absolute Gasteiger partial charge is 0.272 e. The molecule has 2 rings (SSSR count). The molecule has 1 aromatic rings. The third-order valence-corrected chi connectivity index (χ3v) is 3.68. The smallest absolute Gasteiger partial charge is 0.249 e. The summed E-state index contributed by atoms with van der Waals surface area (Å²) in [6, 6.07) is 10.8. The number of nitrogens with one attached hydrogen (secondary N) is 1. The van der Waals surface area contributed by atoms with Gasteiger partial charge in [0, 0.05) is 16.7 Å². The van der Waals surface area contributed by atoms with E-state index in [4.69, 9.17) is 11.6 Å². The van der Waals surface area contributed by atoms with Gasteiger partial charge in [0.1, 0.15) is 5.92 Å². The Balaban J connectivity index is 2.55. The van der Waals surface area contributed by atoms with Gasteiger partial charge in [-0.1, -0.05) is 29.8 Å². The summed E-state index contributed by atoms with van der Waals surface area (Å²) >= 11 is 6.16. The van der Waals surface area contributed by atoms with Gasteiger partial charge < -0.3 is 0 Å². The third kappa shape index (κ3) is 2.36. The SMILES string of the molecule is CC1=NNC(=O)[C@H]1[C@@H](c1ccccc1Cl)C(C#N)C#N. The van der Waals surface area contributed by atoms with Gasteiger partial charge in [0.05, 0.1) is 18.1 Å². The lowest BCUT2D eigenvalue weighted by Gasteiger charge is -2.23. The molecule has 100 valence electrons. The molecule has 0 spiro atoms. The molecule has 1 aromatic carbocycles. The number of rotatable bonds is 3. The summed E-state index contributed by atoms with van der Waals surface area (Å²) in [4.78, 5) is 12.0. The fraction of sp³-hybridized carbons (Fsp3) is 0.286. The van der Waals surface area contributed by atoms with E-state index in [2.05, 4.69) is 10.5 Å². The zero-order valence-corrected chi connectivity index (χ0v) is 11.4. The van der Waals surface area contributed by atoms with Crippen molar-refractivity contribution in [3.63, 3.8) is 0 Å². The van der Waals surface area contributed by atoms with Crippen LogP contribution in [0.15, 0.2) is 29.4 Å². The number of hydrazone groups is 1. The van der Waals surface area contributed by atoms with Gasteiger partial charge >= 0.3 is 0 Å². The zero-order chi connectivity index (χ0) is 14.7. The predicted octanol–water partition coefficient (Wildman–Crippen LogP) is 2.21. The van der Waals surface area contributed by atoms with E-state index < -0.39 is 17.8 Å². The Bertz CT molecular complexity index is 642. The van der Waals surface area contributed by atoms with Crippen LogP contribution in [0, 0.1) is 34.5 Å². The third-order valence-electron chi connectivity index (χ3n) is 3.34. The molecule has 0 radical (unpaired) electrons. The van der Waals surface area contributed by atoms with Crippen LogP contribution in [0.4, 0.5) is 0 Å². The van der Waals surface area contributed by atoms with Crippen LogP contribution in [0.3, 0.4) is 0 Å². The highest BCUT2D eigenvalue weighted by Gasteiger charge is 2.41. The maximum atomic E-state index is 12.0. The molecular formula is C14H11ClN4O. The normalized spacial score (nSPS) is 18.9. The summed E-state index contributed by atoms with van der Waals surface area (Å²) in [5.41, 5.74) is 3.54. The first-order valence-corrected chi connectivity index (χ1v) is 6.35. The van der Waals surface area contributed by atoms with E-state index in [0.717, 1.165) is 0 Å². The minimum Gasteiger partial charge on any atom is -0.272 e. The Hall–Kier alpha value is -2.37. The molecule has 20 heavy (non-hydrogen) atoms. The summed E-state index contributed by atoms with van der Waals surface area (Å²) in [7, 11) is 0. The number of nitrogens with zero attached hydrogens (tertiary/aromatic N) is 3. The highest BCUT2D eigenvalue weighted by molar-refractivity contribution is 6.31. The van der Waals surface area contributed by atoms with Crippen molar-refractivity contribution in [2.75, 3.05) is 0 Å². The van der Waals surface area contributed by atoms with Crippen LogP contribution >= 0.6 is 11.6 Å². The van der Waals surface area contributed by atoms with Crippen molar-refractivity contribution in [3.8, 4) is 12.1 Å². The zero-order valence-electron chi connectivity index (χ0n) is 10.7. The summed E-state index contributed by atoms with van der Waals surface area (Å²) < 4.78 is 0. The Labute approximate surface area is 121 Å². The first-order valence-electron chi connectivity index (χ1n) is 5.97. The van der Waals surface area contributed by atoms with Crippen molar-refractivity contribution < 1.29 is 4.79 Å². The number of halogens is 1. The molecule has 1 amide bonds. The highest BCUT2D eigenvalue weighted by Crippen LogP contribution is 2.38. The molecule has 1 aliphatic heterocycles. The maximum Gasteiger partial charge on any atom is 0.249 e. The highest BCUT2D eigenvalue weighted by atomic mass is 35.5. The van der Waals surface area contributed by atoms with E-state index in [0.29, 0.717) is 16.3 Å². The van der Waals surface area contributed by atoms with Crippen LogP contribution < -0.4 is 5.43 Å². The average Bonchev–Trinajstić information content (AvgIpc) is 2.77. The Kier molecular flexibility index (Phi) is 4.02. The van der Waals surface area contributed by atoms with E-state index in [1.165, 1.54) is 0 Å². The van der Waals surface area contributed by atoms with E-state index in [1.54, 1.807) is 31.2 Å². The molecule has 0 fully saturated rings. The van der Waals surface area contributed by atoms with Gasteiger partial charge in [-0.2, -0.15) is 15.6 Å². The molecule has 0 aliphatic carbocycles. The second-order valence-corrected chi connectivity index (χ2v) is 4.90. The van der Waals surface area contributed by atoms with Gasteiger partial charge in [-0.3, -0.25) is 4.79 Å². The molecule has 0 aromatic heterocycles. The maximum absolute atomic E-state index is 12.0. The lowest BCUT2D eigenvalue weighted by molar-refractivity contribution is -0.122. The van der Waals surface area contributed by atoms with Crippen LogP contribution in [0.25, 0.3) is 0 Å². The van der Waals surface area contributed by atoms with Crippen LogP contribution in [0.5, 0.6) is 0 Å². The number of carbonyl (C=O) groups excluding carboxylic acids is 1. The number of amides is 1. The van der Waals surface area contributed by atoms with E-state index in [9.17, 15) is 15.3 Å². The molecule has 1 N–H and O–H groups in total. The number of nitriles is 2. The summed E-state index contributed by atoms with van der Waals surface area (Å²) in [6.45, 7) is 1.69.